The van der Waals surface area contributed by atoms with Gasteiger partial charge in [0, 0.05) is 6.42 Å². The minimum Gasteiger partial charge on any atom is -0.462 e. The minimum atomic E-state index is -0.804. The molecule has 63 heavy (non-hydrogen) atoms. The largest absolute Gasteiger partial charge is 0.462 e. The van der Waals surface area contributed by atoms with Gasteiger partial charge in [-0.1, -0.05) is 229 Å². The number of aliphatic hydroxyl groups excluding tert-OH is 2. The predicted octanol–water partition coefficient (Wildman–Crippen LogP) is 16.2. The summed E-state index contributed by atoms with van der Waals surface area (Å²) in [4.78, 5) is 26.1. The van der Waals surface area contributed by atoms with Crippen molar-refractivity contribution in [1.82, 2.24) is 5.32 Å². The fraction of sp³-hybridized carbons (Fsp3) is 0.754. The third-order valence-electron chi connectivity index (χ3n) is 11.8. The molecule has 0 rings (SSSR count). The summed E-state index contributed by atoms with van der Waals surface area (Å²) in [5.41, 5.74) is 0. The van der Waals surface area contributed by atoms with E-state index in [0.717, 1.165) is 77.0 Å². The first-order valence-electron chi connectivity index (χ1n) is 26.7. The first-order valence-corrected chi connectivity index (χ1v) is 26.7. The van der Waals surface area contributed by atoms with E-state index in [1.54, 1.807) is 0 Å². The monoisotopic (exact) mass is 880 g/mol. The van der Waals surface area contributed by atoms with Crippen molar-refractivity contribution in [2.75, 3.05) is 6.61 Å². The van der Waals surface area contributed by atoms with E-state index in [4.69, 9.17) is 4.74 Å². The third-order valence-corrected chi connectivity index (χ3v) is 11.8. The molecule has 0 aromatic carbocycles. The molecule has 364 valence electrons. The van der Waals surface area contributed by atoms with Crippen LogP contribution in [0, 0.1) is 0 Å². The number of rotatable bonds is 47. The maximum absolute atomic E-state index is 13.2. The number of allylic oxidation sites excluding steroid dienone is 12. The molecule has 6 heteroatoms. The van der Waals surface area contributed by atoms with E-state index in [0.29, 0.717) is 19.3 Å². The zero-order valence-corrected chi connectivity index (χ0v) is 41.4. The number of aliphatic hydroxyl groups is 2. The van der Waals surface area contributed by atoms with Crippen molar-refractivity contribution in [2.45, 2.75) is 270 Å². The lowest BCUT2D eigenvalue weighted by Gasteiger charge is -2.24. The molecule has 0 radical (unpaired) electrons. The lowest BCUT2D eigenvalue weighted by atomic mass is 10.0. The zero-order valence-electron chi connectivity index (χ0n) is 41.4. The van der Waals surface area contributed by atoms with Crippen LogP contribution in [0.4, 0.5) is 0 Å². The van der Waals surface area contributed by atoms with E-state index in [-0.39, 0.29) is 31.3 Å². The van der Waals surface area contributed by atoms with Gasteiger partial charge in [-0.05, 0) is 83.5 Å². The minimum absolute atomic E-state index is 0.0403. The van der Waals surface area contributed by atoms with Gasteiger partial charge in [-0.15, -0.1) is 0 Å². The van der Waals surface area contributed by atoms with Crippen LogP contribution >= 0.6 is 0 Å². The number of esters is 1. The fourth-order valence-corrected chi connectivity index (χ4v) is 7.77. The SMILES string of the molecule is CC/C=C/C/C=C/C/C=C/C/C=C/C/C=C/CCC(=O)OC(CCCCCCC/C=C\CCCCCC)CC(=O)NC(CO)C(O)CCCCCCCCCCCCCCCCC. The van der Waals surface area contributed by atoms with Crippen molar-refractivity contribution in [3.8, 4) is 0 Å². The summed E-state index contributed by atoms with van der Waals surface area (Å²) in [5.74, 6) is -0.580. The Bertz CT molecular complexity index is 1170. The summed E-state index contributed by atoms with van der Waals surface area (Å²) in [6.07, 6.45) is 64.0. The van der Waals surface area contributed by atoms with Crippen LogP contribution in [0.15, 0.2) is 72.9 Å². The highest BCUT2D eigenvalue weighted by Gasteiger charge is 2.24. The molecule has 0 heterocycles. The number of nitrogens with one attached hydrogen (secondary N) is 1. The molecule has 3 atom stereocenters. The Kier molecular flexibility index (Phi) is 48.1. The Hall–Kier alpha value is -2.70. The van der Waals surface area contributed by atoms with Gasteiger partial charge in [-0.25, -0.2) is 0 Å². The molecule has 1 amide bonds. The summed E-state index contributed by atoms with van der Waals surface area (Å²) in [7, 11) is 0. The van der Waals surface area contributed by atoms with E-state index < -0.39 is 18.2 Å². The quantitative estimate of drug-likeness (QED) is 0.0321. The van der Waals surface area contributed by atoms with Crippen LogP contribution in [0.5, 0.6) is 0 Å². The number of carbonyl (C=O) groups excluding carboxylic acids is 2. The average Bonchev–Trinajstić information content (AvgIpc) is 3.28. The van der Waals surface area contributed by atoms with E-state index in [1.165, 1.54) is 122 Å². The predicted molar refractivity (Wildman–Crippen MR) is 273 cm³/mol. The lowest BCUT2D eigenvalue weighted by molar-refractivity contribution is -0.150. The van der Waals surface area contributed by atoms with Crippen LogP contribution in [0.2, 0.25) is 0 Å². The van der Waals surface area contributed by atoms with Crippen molar-refractivity contribution < 1.29 is 24.5 Å². The highest BCUT2D eigenvalue weighted by atomic mass is 16.5. The second-order valence-corrected chi connectivity index (χ2v) is 17.9. The van der Waals surface area contributed by atoms with Gasteiger partial charge in [0.05, 0.1) is 25.2 Å². The highest BCUT2D eigenvalue weighted by molar-refractivity contribution is 5.77. The van der Waals surface area contributed by atoms with E-state index in [1.807, 2.05) is 6.08 Å². The molecule has 0 aromatic heterocycles. The third kappa shape index (κ3) is 45.7. The van der Waals surface area contributed by atoms with E-state index in [2.05, 4.69) is 92.9 Å². The molecule has 0 saturated carbocycles. The number of carbonyl (C=O) groups is 2. The van der Waals surface area contributed by atoms with Crippen molar-refractivity contribution in [1.29, 1.82) is 0 Å². The summed E-state index contributed by atoms with van der Waals surface area (Å²) >= 11 is 0. The molecule has 3 unspecified atom stereocenters. The van der Waals surface area contributed by atoms with Crippen LogP contribution in [-0.2, 0) is 14.3 Å². The van der Waals surface area contributed by atoms with Crippen LogP contribution in [0.1, 0.15) is 252 Å². The van der Waals surface area contributed by atoms with Gasteiger partial charge in [0.1, 0.15) is 6.10 Å². The number of unbranched alkanes of at least 4 members (excludes halogenated alkanes) is 23. The van der Waals surface area contributed by atoms with Gasteiger partial charge in [0.2, 0.25) is 5.91 Å². The first-order chi connectivity index (χ1) is 31.0. The van der Waals surface area contributed by atoms with Crippen molar-refractivity contribution in [3.05, 3.63) is 72.9 Å². The smallest absolute Gasteiger partial charge is 0.306 e. The Morgan fingerprint density at radius 3 is 1.32 bits per heavy atom. The van der Waals surface area contributed by atoms with Gasteiger partial charge < -0.3 is 20.3 Å². The number of hydrogen-bond donors (Lipinski definition) is 3. The Morgan fingerprint density at radius 2 is 0.857 bits per heavy atom. The molecule has 0 aliphatic heterocycles. The van der Waals surface area contributed by atoms with Crippen LogP contribution < -0.4 is 5.32 Å². The standard InChI is InChI=1S/C57H101NO5/c1-4-7-10-13-16-19-22-25-27-29-32-35-38-41-44-47-50-57(62)63-53(48-45-42-39-36-33-30-24-21-18-15-12-9-6-3)51-56(61)58-54(52-59)55(60)49-46-43-40-37-34-31-28-26-23-20-17-14-11-8-5-2/h7,10,16,19,21,24-25,27,32,35,41,44,53-55,59-60H,4-6,8-9,11-15,17-18,20,22-23,26,28-31,33-34,36-40,42-43,45-52H2,1-3H3,(H,58,61)/b10-7+,19-16+,24-21-,27-25+,35-32+,44-41+. The van der Waals surface area contributed by atoms with E-state index in [9.17, 15) is 19.8 Å². The van der Waals surface area contributed by atoms with Crippen molar-refractivity contribution >= 4 is 11.9 Å². The number of ether oxygens (including phenoxy) is 1. The van der Waals surface area contributed by atoms with Crippen LogP contribution in [-0.4, -0.2) is 46.9 Å². The van der Waals surface area contributed by atoms with Gasteiger partial charge in [-0.3, -0.25) is 9.59 Å². The Morgan fingerprint density at radius 1 is 0.476 bits per heavy atom. The molecule has 0 fully saturated rings. The Labute approximate surface area is 390 Å². The first kappa shape index (κ1) is 60.3. The summed E-state index contributed by atoms with van der Waals surface area (Å²) in [5, 5.41) is 23.8. The fourth-order valence-electron chi connectivity index (χ4n) is 7.77. The molecule has 0 spiro atoms. The Balaban J connectivity index is 4.66. The normalized spacial score (nSPS) is 13.8. The molecule has 0 bridgehead atoms. The molecular formula is C57H101NO5. The van der Waals surface area contributed by atoms with Crippen molar-refractivity contribution in [2.24, 2.45) is 0 Å². The molecule has 0 aliphatic rings. The second-order valence-electron chi connectivity index (χ2n) is 17.9. The molecule has 6 nitrogen and oxygen atoms in total. The molecular weight excluding hydrogens is 779 g/mol. The summed E-state index contributed by atoms with van der Waals surface area (Å²) in [6.45, 7) is 6.35. The molecule has 0 aromatic rings. The van der Waals surface area contributed by atoms with Gasteiger partial charge >= 0.3 is 5.97 Å². The van der Waals surface area contributed by atoms with Gasteiger partial charge in [-0.2, -0.15) is 0 Å². The zero-order chi connectivity index (χ0) is 45.9. The highest BCUT2D eigenvalue weighted by Crippen LogP contribution is 2.17. The number of hydrogen-bond acceptors (Lipinski definition) is 5. The molecule has 0 saturated heterocycles. The van der Waals surface area contributed by atoms with E-state index >= 15 is 0 Å². The second kappa shape index (κ2) is 50.3. The maximum Gasteiger partial charge on any atom is 0.306 e. The topological polar surface area (TPSA) is 95.9 Å². The molecule has 3 N–H and O–H groups in total. The summed E-state index contributed by atoms with van der Waals surface area (Å²) in [6, 6.07) is -0.721. The lowest BCUT2D eigenvalue weighted by Crippen LogP contribution is -2.46. The average molecular weight is 880 g/mol. The van der Waals surface area contributed by atoms with Crippen LogP contribution in [0.25, 0.3) is 0 Å². The van der Waals surface area contributed by atoms with Gasteiger partial charge in [0.25, 0.3) is 0 Å². The summed E-state index contributed by atoms with van der Waals surface area (Å²) < 4.78 is 5.89. The molecule has 0 aliphatic carbocycles. The van der Waals surface area contributed by atoms with Gasteiger partial charge in [0.15, 0.2) is 0 Å². The maximum atomic E-state index is 13.2. The van der Waals surface area contributed by atoms with Crippen molar-refractivity contribution in [3.63, 3.8) is 0 Å². The number of amides is 1. The van der Waals surface area contributed by atoms with Crippen LogP contribution in [0.3, 0.4) is 0 Å².